The van der Waals surface area contributed by atoms with Crippen molar-refractivity contribution in [2.75, 3.05) is 14.1 Å². The molecule has 0 aliphatic heterocycles. The predicted molar refractivity (Wildman–Crippen MR) is 77.3 cm³/mol. The van der Waals surface area contributed by atoms with Gasteiger partial charge in [0.2, 0.25) is 0 Å². The van der Waals surface area contributed by atoms with Crippen molar-refractivity contribution in [3.8, 4) is 5.75 Å². The van der Waals surface area contributed by atoms with E-state index in [-0.39, 0.29) is 17.4 Å². The summed E-state index contributed by atoms with van der Waals surface area (Å²) >= 11 is 0. The van der Waals surface area contributed by atoms with Crippen LogP contribution in [0.25, 0.3) is 0 Å². The number of aliphatic hydroxyl groups is 1. The Morgan fingerprint density at radius 3 is 2.21 bits per heavy atom. The van der Waals surface area contributed by atoms with Crippen LogP contribution in [0.15, 0.2) is 24.3 Å². The van der Waals surface area contributed by atoms with Crippen molar-refractivity contribution in [2.24, 2.45) is 0 Å². The zero-order valence-corrected chi connectivity index (χ0v) is 12.0. The Labute approximate surface area is 115 Å². The molecule has 0 amide bonds. The quantitative estimate of drug-likeness (QED) is 0.877. The summed E-state index contributed by atoms with van der Waals surface area (Å²) in [6.07, 6.45) is 6.11. The number of rotatable bonds is 4. The number of nitrogens with zero attached hydrogens (tertiary/aromatic N) is 1. The number of aliphatic hydroxyl groups excluding tert-OH is 1. The topological polar surface area (TPSA) is 43.7 Å². The summed E-state index contributed by atoms with van der Waals surface area (Å²) in [5.41, 5.74) is 0.993. The van der Waals surface area contributed by atoms with Crippen LogP contribution in [0.4, 0.5) is 0 Å². The van der Waals surface area contributed by atoms with E-state index in [0.29, 0.717) is 6.42 Å². The van der Waals surface area contributed by atoms with Crippen LogP contribution in [-0.2, 0) is 6.42 Å². The monoisotopic (exact) mass is 263 g/mol. The molecule has 3 heteroatoms. The van der Waals surface area contributed by atoms with Gasteiger partial charge in [-0.1, -0.05) is 31.4 Å². The number of hydrogen-bond acceptors (Lipinski definition) is 3. The molecule has 19 heavy (non-hydrogen) atoms. The van der Waals surface area contributed by atoms with Gasteiger partial charge in [-0.05, 0) is 44.6 Å². The smallest absolute Gasteiger partial charge is 0.115 e. The number of likely N-dealkylation sites (N-methyl/N-ethyl adjacent to an activating group) is 1. The van der Waals surface area contributed by atoms with Gasteiger partial charge in [0.15, 0.2) is 0 Å². The van der Waals surface area contributed by atoms with E-state index in [1.54, 1.807) is 12.1 Å². The molecular weight excluding hydrogens is 238 g/mol. The van der Waals surface area contributed by atoms with Gasteiger partial charge >= 0.3 is 0 Å². The van der Waals surface area contributed by atoms with Gasteiger partial charge in [-0.25, -0.2) is 0 Å². The molecule has 1 aromatic rings. The minimum Gasteiger partial charge on any atom is -0.508 e. The average Bonchev–Trinajstić information content (AvgIpc) is 2.42. The summed E-state index contributed by atoms with van der Waals surface area (Å²) in [6, 6.07) is 7.16. The lowest BCUT2D eigenvalue weighted by Gasteiger charge is -2.46. The van der Waals surface area contributed by atoms with E-state index in [1.807, 2.05) is 12.1 Å². The van der Waals surface area contributed by atoms with E-state index in [9.17, 15) is 10.2 Å². The molecule has 0 heterocycles. The molecule has 2 N–H and O–H groups in total. The minimum absolute atomic E-state index is 0.0872. The van der Waals surface area contributed by atoms with Gasteiger partial charge in [0, 0.05) is 12.0 Å². The standard InChI is InChI=1S/C16H25NO2/c1-17(2)16(10-4-3-5-11-16)15(19)12-13-6-8-14(18)9-7-13/h6-9,15,18-19H,3-5,10-12H2,1-2H3. The Balaban J connectivity index is 2.11. The molecule has 1 atom stereocenters. The van der Waals surface area contributed by atoms with Gasteiger partial charge in [0.25, 0.3) is 0 Å². The van der Waals surface area contributed by atoms with E-state index >= 15 is 0 Å². The Hall–Kier alpha value is -1.06. The fourth-order valence-electron chi connectivity index (χ4n) is 3.29. The van der Waals surface area contributed by atoms with Crippen LogP contribution in [-0.4, -0.2) is 40.9 Å². The maximum Gasteiger partial charge on any atom is 0.115 e. The number of phenols is 1. The Kier molecular flexibility index (Phi) is 4.48. The first-order chi connectivity index (χ1) is 9.04. The molecule has 1 aliphatic carbocycles. The van der Waals surface area contributed by atoms with Gasteiger partial charge < -0.3 is 15.1 Å². The fourth-order valence-corrected chi connectivity index (χ4v) is 3.29. The Morgan fingerprint density at radius 1 is 1.11 bits per heavy atom. The normalized spacial score (nSPS) is 20.4. The van der Waals surface area contributed by atoms with E-state index in [1.165, 1.54) is 19.3 Å². The minimum atomic E-state index is -0.354. The zero-order valence-electron chi connectivity index (χ0n) is 12.0. The Bertz CT molecular complexity index is 394. The molecule has 1 aromatic carbocycles. The third-order valence-electron chi connectivity index (χ3n) is 4.60. The highest BCUT2D eigenvalue weighted by atomic mass is 16.3. The van der Waals surface area contributed by atoms with Crippen molar-refractivity contribution in [1.29, 1.82) is 0 Å². The summed E-state index contributed by atoms with van der Waals surface area (Å²) in [6.45, 7) is 0. The first-order valence-corrected chi connectivity index (χ1v) is 7.18. The molecule has 1 saturated carbocycles. The van der Waals surface area contributed by atoms with Gasteiger partial charge in [0.05, 0.1) is 6.10 Å². The van der Waals surface area contributed by atoms with Gasteiger partial charge in [-0.2, -0.15) is 0 Å². The largest absolute Gasteiger partial charge is 0.508 e. The second kappa shape index (κ2) is 5.93. The van der Waals surface area contributed by atoms with E-state index in [4.69, 9.17) is 0 Å². The Morgan fingerprint density at radius 2 is 1.68 bits per heavy atom. The van der Waals surface area contributed by atoms with Crippen LogP contribution >= 0.6 is 0 Å². The number of hydrogen-bond donors (Lipinski definition) is 2. The molecular formula is C16H25NO2. The van der Waals surface area contributed by atoms with Gasteiger partial charge in [-0.3, -0.25) is 0 Å². The molecule has 1 aliphatic rings. The molecule has 0 aromatic heterocycles. The highest BCUT2D eigenvalue weighted by molar-refractivity contribution is 5.26. The highest BCUT2D eigenvalue weighted by Crippen LogP contribution is 2.36. The highest BCUT2D eigenvalue weighted by Gasteiger charge is 2.40. The summed E-state index contributed by atoms with van der Waals surface area (Å²) in [5.74, 6) is 0.276. The maximum absolute atomic E-state index is 10.7. The zero-order chi connectivity index (χ0) is 13.9. The van der Waals surface area contributed by atoms with Crippen LogP contribution in [0.1, 0.15) is 37.7 Å². The van der Waals surface area contributed by atoms with Gasteiger partial charge in [0.1, 0.15) is 5.75 Å². The van der Waals surface area contributed by atoms with Crippen molar-refractivity contribution >= 4 is 0 Å². The number of aromatic hydroxyl groups is 1. The van der Waals surface area contributed by atoms with Gasteiger partial charge in [-0.15, -0.1) is 0 Å². The molecule has 0 radical (unpaired) electrons. The molecule has 1 unspecified atom stereocenters. The molecule has 3 nitrogen and oxygen atoms in total. The van der Waals surface area contributed by atoms with Crippen LogP contribution in [0, 0.1) is 0 Å². The molecule has 0 bridgehead atoms. The first kappa shape index (κ1) is 14.4. The third-order valence-corrected chi connectivity index (χ3v) is 4.60. The summed E-state index contributed by atoms with van der Waals surface area (Å²) in [7, 11) is 4.15. The molecule has 2 rings (SSSR count). The molecule has 0 spiro atoms. The van der Waals surface area contributed by atoms with Crippen LogP contribution in [0.3, 0.4) is 0 Å². The predicted octanol–water partition coefficient (Wildman–Crippen LogP) is 2.56. The SMILES string of the molecule is CN(C)C1(C(O)Cc2ccc(O)cc2)CCCCC1. The lowest BCUT2D eigenvalue weighted by Crippen LogP contribution is -2.55. The summed E-state index contributed by atoms with van der Waals surface area (Å²) in [4.78, 5) is 2.21. The summed E-state index contributed by atoms with van der Waals surface area (Å²) in [5, 5.41) is 20.0. The van der Waals surface area contributed by atoms with E-state index < -0.39 is 0 Å². The van der Waals surface area contributed by atoms with Crippen LogP contribution in [0.2, 0.25) is 0 Å². The van der Waals surface area contributed by atoms with Crippen molar-refractivity contribution < 1.29 is 10.2 Å². The lowest BCUT2D eigenvalue weighted by atomic mass is 9.75. The summed E-state index contributed by atoms with van der Waals surface area (Å²) < 4.78 is 0. The van der Waals surface area contributed by atoms with E-state index in [0.717, 1.165) is 18.4 Å². The van der Waals surface area contributed by atoms with E-state index in [2.05, 4.69) is 19.0 Å². The third kappa shape index (κ3) is 3.10. The molecule has 106 valence electrons. The first-order valence-electron chi connectivity index (χ1n) is 7.18. The molecule has 0 saturated heterocycles. The maximum atomic E-state index is 10.7. The second-order valence-electron chi connectivity index (χ2n) is 5.95. The average molecular weight is 263 g/mol. The number of benzene rings is 1. The fraction of sp³-hybridized carbons (Fsp3) is 0.625. The van der Waals surface area contributed by atoms with Crippen molar-refractivity contribution in [3.63, 3.8) is 0 Å². The van der Waals surface area contributed by atoms with Crippen molar-refractivity contribution in [1.82, 2.24) is 4.90 Å². The van der Waals surface area contributed by atoms with Crippen LogP contribution in [0.5, 0.6) is 5.75 Å². The second-order valence-corrected chi connectivity index (χ2v) is 5.95. The van der Waals surface area contributed by atoms with Crippen LogP contribution < -0.4 is 0 Å². The van der Waals surface area contributed by atoms with Crippen molar-refractivity contribution in [2.45, 2.75) is 50.2 Å². The lowest BCUT2D eigenvalue weighted by molar-refractivity contribution is -0.0310. The van der Waals surface area contributed by atoms with Crippen molar-refractivity contribution in [3.05, 3.63) is 29.8 Å². The molecule has 1 fully saturated rings. The number of phenolic OH excluding ortho intramolecular Hbond substituents is 1.